The van der Waals surface area contributed by atoms with E-state index in [1.807, 2.05) is 0 Å². The predicted molar refractivity (Wildman–Crippen MR) is 79.7 cm³/mol. The number of carboxylic acids is 1. The van der Waals surface area contributed by atoms with E-state index in [1.54, 1.807) is 16.4 Å². The molecule has 2 unspecified atom stereocenters. The van der Waals surface area contributed by atoms with E-state index in [1.165, 1.54) is 6.07 Å². The van der Waals surface area contributed by atoms with Crippen LogP contribution in [-0.2, 0) is 16.6 Å². The molecule has 8 heteroatoms. The fourth-order valence-electron chi connectivity index (χ4n) is 3.30. The van der Waals surface area contributed by atoms with E-state index in [4.69, 9.17) is 5.11 Å². The molecule has 1 aliphatic heterocycles. The fraction of sp³-hybridized carbons (Fsp3) is 0.571. The number of rotatable bonds is 6. The second kappa shape index (κ2) is 5.94. The Balaban J connectivity index is 1.56. The minimum atomic E-state index is -3.45. The smallest absolute Gasteiger partial charge is 0.354 e. The summed E-state index contributed by atoms with van der Waals surface area (Å²) in [5, 5.41) is 8.89. The molecule has 120 valence electrons. The fourth-order valence-corrected chi connectivity index (χ4v) is 4.82. The normalized spacial score (nSPS) is 24.7. The Morgan fingerprint density at radius 1 is 1.41 bits per heavy atom. The SMILES string of the molecule is O=C(O)c1cccc(CCNS(=O)(=O)N2CC3CCC2C3)n1. The van der Waals surface area contributed by atoms with Crippen molar-refractivity contribution in [3.05, 3.63) is 29.6 Å². The van der Waals surface area contributed by atoms with E-state index in [-0.39, 0.29) is 18.3 Å². The lowest BCUT2D eigenvalue weighted by atomic mass is 10.1. The van der Waals surface area contributed by atoms with Crippen LogP contribution in [0.25, 0.3) is 0 Å². The van der Waals surface area contributed by atoms with Crippen LogP contribution in [0.4, 0.5) is 0 Å². The van der Waals surface area contributed by atoms with Gasteiger partial charge in [-0.15, -0.1) is 0 Å². The molecule has 0 spiro atoms. The number of hydrogen-bond donors (Lipinski definition) is 2. The van der Waals surface area contributed by atoms with Crippen LogP contribution < -0.4 is 4.72 Å². The highest BCUT2D eigenvalue weighted by atomic mass is 32.2. The van der Waals surface area contributed by atoms with E-state index >= 15 is 0 Å². The van der Waals surface area contributed by atoms with Gasteiger partial charge in [0.15, 0.2) is 0 Å². The number of nitrogens with zero attached hydrogens (tertiary/aromatic N) is 2. The Kier molecular flexibility index (Phi) is 4.16. The molecule has 1 saturated heterocycles. The molecule has 1 aromatic heterocycles. The lowest BCUT2D eigenvalue weighted by Crippen LogP contribution is -2.45. The average Bonchev–Trinajstić information content (AvgIpc) is 3.10. The predicted octanol–water partition coefficient (Wildman–Crippen LogP) is 0.641. The van der Waals surface area contributed by atoms with Crippen LogP contribution in [0.3, 0.4) is 0 Å². The molecule has 2 fully saturated rings. The Morgan fingerprint density at radius 3 is 2.86 bits per heavy atom. The summed E-state index contributed by atoms with van der Waals surface area (Å²) in [7, 11) is -3.45. The first-order valence-corrected chi connectivity index (χ1v) is 8.85. The van der Waals surface area contributed by atoms with Crippen LogP contribution in [0.15, 0.2) is 18.2 Å². The van der Waals surface area contributed by atoms with E-state index in [9.17, 15) is 13.2 Å². The molecule has 0 aromatic carbocycles. The first-order valence-electron chi connectivity index (χ1n) is 7.41. The highest BCUT2D eigenvalue weighted by Crippen LogP contribution is 2.38. The van der Waals surface area contributed by atoms with E-state index in [0.717, 1.165) is 19.3 Å². The largest absolute Gasteiger partial charge is 0.477 e. The Morgan fingerprint density at radius 2 is 2.23 bits per heavy atom. The molecule has 0 radical (unpaired) electrons. The molecule has 2 N–H and O–H groups in total. The summed E-state index contributed by atoms with van der Waals surface area (Å²) in [6.07, 6.45) is 3.42. The van der Waals surface area contributed by atoms with Gasteiger partial charge in [0, 0.05) is 31.2 Å². The zero-order valence-electron chi connectivity index (χ0n) is 12.1. The van der Waals surface area contributed by atoms with Gasteiger partial charge in [-0.3, -0.25) is 0 Å². The lowest BCUT2D eigenvalue weighted by molar-refractivity contribution is 0.0690. The monoisotopic (exact) mass is 325 g/mol. The lowest BCUT2D eigenvalue weighted by Gasteiger charge is -2.26. The zero-order valence-corrected chi connectivity index (χ0v) is 12.9. The molecule has 1 aliphatic carbocycles. The van der Waals surface area contributed by atoms with Gasteiger partial charge in [0.1, 0.15) is 5.69 Å². The first-order chi connectivity index (χ1) is 10.5. The van der Waals surface area contributed by atoms with Crippen molar-refractivity contribution < 1.29 is 18.3 Å². The zero-order chi connectivity index (χ0) is 15.7. The Labute approximate surface area is 129 Å². The van der Waals surface area contributed by atoms with Gasteiger partial charge >= 0.3 is 5.97 Å². The van der Waals surface area contributed by atoms with Crippen molar-refractivity contribution in [2.75, 3.05) is 13.1 Å². The van der Waals surface area contributed by atoms with E-state index < -0.39 is 16.2 Å². The highest BCUT2D eigenvalue weighted by Gasteiger charge is 2.43. The number of carbonyl (C=O) groups is 1. The number of nitrogens with one attached hydrogen (secondary N) is 1. The molecule has 3 rings (SSSR count). The van der Waals surface area contributed by atoms with Crippen molar-refractivity contribution in [1.29, 1.82) is 0 Å². The molecule has 1 saturated carbocycles. The quantitative estimate of drug-likeness (QED) is 0.799. The van der Waals surface area contributed by atoms with Gasteiger partial charge in [-0.2, -0.15) is 12.7 Å². The van der Waals surface area contributed by atoms with Gasteiger partial charge in [-0.05, 0) is 37.3 Å². The van der Waals surface area contributed by atoms with Gasteiger partial charge in [-0.1, -0.05) is 6.07 Å². The summed E-state index contributed by atoms with van der Waals surface area (Å²) in [4.78, 5) is 14.8. The van der Waals surface area contributed by atoms with Crippen molar-refractivity contribution >= 4 is 16.2 Å². The number of carboxylic acid groups (broad SMARTS) is 1. The molecule has 2 heterocycles. The summed E-state index contributed by atoms with van der Waals surface area (Å²) in [5.74, 6) is -0.578. The second-order valence-electron chi connectivity index (χ2n) is 5.87. The molecular weight excluding hydrogens is 306 g/mol. The first kappa shape index (κ1) is 15.4. The van der Waals surface area contributed by atoms with Crippen molar-refractivity contribution in [3.63, 3.8) is 0 Å². The number of piperidine rings is 1. The molecular formula is C14H19N3O4S. The maximum Gasteiger partial charge on any atom is 0.354 e. The highest BCUT2D eigenvalue weighted by molar-refractivity contribution is 7.87. The molecule has 2 atom stereocenters. The van der Waals surface area contributed by atoms with Crippen LogP contribution in [0.5, 0.6) is 0 Å². The maximum absolute atomic E-state index is 12.3. The summed E-state index contributed by atoms with van der Waals surface area (Å²) < 4.78 is 28.7. The maximum atomic E-state index is 12.3. The molecule has 1 aromatic rings. The van der Waals surface area contributed by atoms with Gasteiger partial charge in [0.25, 0.3) is 10.2 Å². The van der Waals surface area contributed by atoms with E-state index in [0.29, 0.717) is 24.6 Å². The average molecular weight is 325 g/mol. The van der Waals surface area contributed by atoms with Gasteiger partial charge < -0.3 is 5.11 Å². The third-order valence-corrected chi connectivity index (χ3v) is 5.99. The number of fused-ring (bicyclic) bond motifs is 2. The second-order valence-corrected chi connectivity index (χ2v) is 7.58. The number of pyridine rings is 1. The van der Waals surface area contributed by atoms with Gasteiger partial charge in [0.05, 0.1) is 0 Å². The third kappa shape index (κ3) is 3.13. The van der Waals surface area contributed by atoms with Crippen LogP contribution in [0.1, 0.15) is 35.4 Å². The summed E-state index contributed by atoms with van der Waals surface area (Å²) in [6, 6.07) is 4.87. The standard InChI is InChI=1S/C14H19N3O4S/c18-14(19)13-3-1-2-11(16-13)6-7-15-22(20,21)17-9-10-4-5-12(17)8-10/h1-3,10,12,15H,4-9H2,(H,18,19). The molecule has 2 bridgehead atoms. The van der Waals surface area contributed by atoms with Crippen molar-refractivity contribution in [3.8, 4) is 0 Å². The number of hydrogen-bond acceptors (Lipinski definition) is 4. The number of aromatic carboxylic acids is 1. The summed E-state index contributed by atoms with van der Waals surface area (Å²) >= 11 is 0. The van der Waals surface area contributed by atoms with Crippen molar-refractivity contribution in [1.82, 2.24) is 14.0 Å². The summed E-state index contributed by atoms with van der Waals surface area (Å²) in [6.45, 7) is 0.832. The topological polar surface area (TPSA) is 99.6 Å². The minimum Gasteiger partial charge on any atom is -0.477 e. The van der Waals surface area contributed by atoms with Crippen LogP contribution in [0, 0.1) is 5.92 Å². The molecule has 0 amide bonds. The molecule has 7 nitrogen and oxygen atoms in total. The Hall–Kier alpha value is -1.51. The molecule has 2 aliphatic rings. The summed E-state index contributed by atoms with van der Waals surface area (Å²) in [5.41, 5.74) is 0.530. The van der Waals surface area contributed by atoms with Gasteiger partial charge in [0.2, 0.25) is 0 Å². The Bertz CT molecular complexity index is 676. The van der Waals surface area contributed by atoms with Crippen molar-refractivity contribution in [2.24, 2.45) is 5.92 Å². The minimum absolute atomic E-state index is 0.0304. The van der Waals surface area contributed by atoms with Crippen LogP contribution >= 0.6 is 0 Å². The third-order valence-electron chi connectivity index (χ3n) is 4.36. The van der Waals surface area contributed by atoms with Crippen LogP contribution in [0.2, 0.25) is 0 Å². The van der Waals surface area contributed by atoms with Crippen molar-refractivity contribution in [2.45, 2.75) is 31.7 Å². The van der Waals surface area contributed by atoms with Crippen LogP contribution in [-0.4, -0.2) is 47.9 Å². The van der Waals surface area contributed by atoms with Gasteiger partial charge in [-0.25, -0.2) is 14.5 Å². The van der Waals surface area contributed by atoms with E-state index in [2.05, 4.69) is 9.71 Å². The molecule has 22 heavy (non-hydrogen) atoms. The number of aromatic nitrogens is 1.